The van der Waals surface area contributed by atoms with Gasteiger partial charge in [-0.3, -0.25) is 19.5 Å². The van der Waals surface area contributed by atoms with E-state index in [-0.39, 0.29) is 17.9 Å². The highest BCUT2D eigenvalue weighted by Gasteiger charge is 2.47. The maximum absolute atomic E-state index is 13.3. The number of nitrogens with zero attached hydrogens (tertiary/aromatic N) is 2. The molecule has 1 amide bonds. The van der Waals surface area contributed by atoms with Crippen molar-refractivity contribution in [2.24, 2.45) is 0 Å². The topological polar surface area (TPSA) is 89.0 Å². The Bertz CT molecular complexity index is 1220. The summed E-state index contributed by atoms with van der Waals surface area (Å²) in [7, 11) is 0. The summed E-state index contributed by atoms with van der Waals surface area (Å²) in [5.41, 5.74) is 0.863. The summed E-state index contributed by atoms with van der Waals surface area (Å²) >= 11 is 0. The van der Waals surface area contributed by atoms with Gasteiger partial charge in [0.1, 0.15) is 17.6 Å². The monoisotopic (exact) mass is 418 g/mol. The van der Waals surface area contributed by atoms with Crippen LogP contribution >= 0.6 is 0 Å². The summed E-state index contributed by atoms with van der Waals surface area (Å²) < 4.78 is 24.1. The average Bonchev–Trinajstić information content (AvgIpc) is 3.36. The second-order valence-corrected chi connectivity index (χ2v) is 6.97. The van der Waals surface area contributed by atoms with Crippen molar-refractivity contribution < 1.29 is 28.6 Å². The minimum absolute atomic E-state index is 0.0613. The fraction of sp³-hybridized carbons (Fsp3) is 0.0870. The number of Topliss-reactive ketones (excluding diaryl/α,β-unsaturated/α-hetero) is 1. The van der Waals surface area contributed by atoms with E-state index in [1.54, 1.807) is 36.4 Å². The highest BCUT2D eigenvalue weighted by Crippen LogP contribution is 2.44. The third-order valence-corrected chi connectivity index (χ3v) is 5.16. The highest BCUT2D eigenvalue weighted by molar-refractivity contribution is 6.51. The minimum atomic E-state index is -0.980. The Morgan fingerprint density at radius 1 is 1.03 bits per heavy atom. The lowest BCUT2D eigenvalue weighted by Crippen LogP contribution is -2.29. The number of pyridine rings is 1. The van der Waals surface area contributed by atoms with E-state index in [0.29, 0.717) is 22.9 Å². The number of ether oxygens (including phenoxy) is 2. The molecule has 0 saturated carbocycles. The Morgan fingerprint density at radius 3 is 2.55 bits per heavy atom. The van der Waals surface area contributed by atoms with Gasteiger partial charge in [-0.25, -0.2) is 4.39 Å². The lowest BCUT2D eigenvalue weighted by molar-refractivity contribution is -0.132. The molecule has 2 aliphatic heterocycles. The maximum Gasteiger partial charge on any atom is 0.300 e. The number of rotatable bonds is 3. The summed E-state index contributed by atoms with van der Waals surface area (Å²) in [6, 6.07) is 14.0. The number of hydrogen-bond acceptors (Lipinski definition) is 6. The smallest absolute Gasteiger partial charge is 0.300 e. The molecule has 1 unspecified atom stereocenters. The second kappa shape index (κ2) is 7.24. The van der Waals surface area contributed by atoms with Crippen LogP contribution in [0.5, 0.6) is 11.5 Å². The van der Waals surface area contributed by atoms with E-state index in [0.717, 1.165) is 0 Å². The van der Waals surface area contributed by atoms with Gasteiger partial charge in [0.05, 0.1) is 11.3 Å². The van der Waals surface area contributed by atoms with Gasteiger partial charge in [0.25, 0.3) is 11.7 Å². The van der Waals surface area contributed by atoms with Crippen molar-refractivity contribution in [2.45, 2.75) is 6.04 Å². The fourth-order valence-electron chi connectivity index (χ4n) is 3.71. The van der Waals surface area contributed by atoms with Gasteiger partial charge in [0.2, 0.25) is 6.79 Å². The number of anilines is 1. The van der Waals surface area contributed by atoms with Crippen molar-refractivity contribution in [3.8, 4) is 11.5 Å². The van der Waals surface area contributed by atoms with Crippen LogP contribution in [0.25, 0.3) is 5.76 Å². The lowest BCUT2D eigenvalue weighted by atomic mass is 9.98. The zero-order valence-electron chi connectivity index (χ0n) is 16.0. The molecule has 0 bridgehead atoms. The molecule has 0 spiro atoms. The van der Waals surface area contributed by atoms with Crippen LogP contribution in [-0.2, 0) is 9.59 Å². The molecule has 0 aliphatic carbocycles. The Kier molecular flexibility index (Phi) is 4.39. The molecule has 8 heteroatoms. The second-order valence-electron chi connectivity index (χ2n) is 6.97. The molecular weight excluding hydrogens is 403 g/mol. The zero-order valence-corrected chi connectivity index (χ0v) is 16.0. The van der Waals surface area contributed by atoms with Crippen LogP contribution in [0.15, 0.2) is 72.4 Å². The van der Waals surface area contributed by atoms with Crippen LogP contribution in [0.1, 0.15) is 17.3 Å². The van der Waals surface area contributed by atoms with Crippen LogP contribution in [0, 0.1) is 5.82 Å². The van der Waals surface area contributed by atoms with Crippen LogP contribution < -0.4 is 14.4 Å². The molecule has 7 nitrogen and oxygen atoms in total. The Hall–Kier alpha value is -4.20. The molecule has 31 heavy (non-hydrogen) atoms. The van der Waals surface area contributed by atoms with Crippen LogP contribution in [0.2, 0.25) is 0 Å². The van der Waals surface area contributed by atoms with Gasteiger partial charge in [-0.2, -0.15) is 0 Å². The summed E-state index contributed by atoms with van der Waals surface area (Å²) in [4.78, 5) is 31.7. The fourth-order valence-corrected chi connectivity index (χ4v) is 3.71. The van der Waals surface area contributed by atoms with E-state index in [2.05, 4.69) is 4.98 Å². The van der Waals surface area contributed by atoms with E-state index in [9.17, 15) is 19.1 Å². The molecule has 1 saturated heterocycles. The SMILES string of the molecule is O=C1C(=O)N(c2ccc3c(c2)OCO3)C(c2ccccn2)/C1=C(\O)c1ccc(F)cc1. The number of aliphatic hydroxyl groups is 1. The van der Waals surface area contributed by atoms with Gasteiger partial charge in [-0.15, -0.1) is 0 Å². The number of fused-ring (bicyclic) bond motifs is 1. The number of halogens is 1. The lowest BCUT2D eigenvalue weighted by Gasteiger charge is -2.24. The normalized spacial score (nSPS) is 19.1. The Balaban J connectivity index is 1.70. The standard InChI is InChI=1S/C23H15FN2O5/c24-14-6-4-13(5-7-14)21(27)19-20(16-3-1-2-10-25-16)26(23(29)22(19)28)15-8-9-17-18(11-15)31-12-30-17/h1-11,20,27H,12H2/b21-19+. The van der Waals surface area contributed by atoms with Crippen LogP contribution in [-0.4, -0.2) is 28.6 Å². The van der Waals surface area contributed by atoms with Gasteiger partial charge >= 0.3 is 0 Å². The van der Waals surface area contributed by atoms with Gasteiger partial charge < -0.3 is 14.6 Å². The Morgan fingerprint density at radius 2 is 1.81 bits per heavy atom. The number of hydrogen-bond donors (Lipinski definition) is 1. The van der Waals surface area contributed by atoms with Crippen molar-refractivity contribution >= 4 is 23.1 Å². The third-order valence-electron chi connectivity index (χ3n) is 5.16. The van der Waals surface area contributed by atoms with E-state index >= 15 is 0 Å². The quantitative estimate of drug-likeness (QED) is 0.397. The molecule has 3 aromatic rings. The molecule has 2 aliphatic rings. The minimum Gasteiger partial charge on any atom is -0.507 e. The molecule has 5 rings (SSSR count). The van der Waals surface area contributed by atoms with Crippen LogP contribution in [0.4, 0.5) is 10.1 Å². The zero-order chi connectivity index (χ0) is 21.5. The van der Waals surface area contributed by atoms with Crippen molar-refractivity contribution in [1.29, 1.82) is 0 Å². The summed E-state index contributed by atoms with van der Waals surface area (Å²) in [6.07, 6.45) is 1.53. The predicted octanol–water partition coefficient (Wildman–Crippen LogP) is 3.58. The Labute approximate surface area is 176 Å². The largest absolute Gasteiger partial charge is 0.507 e. The number of amides is 1. The average molecular weight is 418 g/mol. The van der Waals surface area contributed by atoms with E-state index in [4.69, 9.17) is 9.47 Å². The first-order valence-electron chi connectivity index (χ1n) is 9.42. The van der Waals surface area contributed by atoms with Crippen molar-refractivity contribution in [3.05, 3.63) is 89.5 Å². The van der Waals surface area contributed by atoms with Crippen molar-refractivity contribution in [3.63, 3.8) is 0 Å². The first kappa shape index (κ1) is 18.8. The first-order chi connectivity index (χ1) is 15.0. The van der Waals surface area contributed by atoms with Gasteiger partial charge in [0.15, 0.2) is 11.5 Å². The van der Waals surface area contributed by atoms with Gasteiger partial charge in [0, 0.05) is 23.5 Å². The number of ketones is 1. The molecule has 2 aromatic carbocycles. The number of aliphatic hydroxyl groups excluding tert-OH is 1. The van der Waals surface area contributed by atoms with Crippen LogP contribution in [0.3, 0.4) is 0 Å². The predicted molar refractivity (Wildman–Crippen MR) is 108 cm³/mol. The van der Waals surface area contributed by atoms with Crippen molar-refractivity contribution in [2.75, 3.05) is 11.7 Å². The van der Waals surface area contributed by atoms with E-state index in [1.807, 2.05) is 0 Å². The molecule has 154 valence electrons. The summed E-state index contributed by atoms with van der Waals surface area (Å²) in [6.45, 7) is 0.0613. The number of benzene rings is 2. The first-order valence-corrected chi connectivity index (χ1v) is 9.42. The molecule has 3 heterocycles. The molecule has 1 atom stereocenters. The summed E-state index contributed by atoms with van der Waals surface area (Å²) in [5.74, 6) is -1.61. The number of carbonyl (C=O) groups is 2. The number of carbonyl (C=O) groups excluding carboxylic acids is 2. The number of aromatic nitrogens is 1. The molecule has 1 fully saturated rings. The highest BCUT2D eigenvalue weighted by atomic mass is 19.1. The van der Waals surface area contributed by atoms with Gasteiger partial charge in [-0.05, 0) is 48.5 Å². The molecule has 0 radical (unpaired) electrons. The molecule has 1 aromatic heterocycles. The van der Waals surface area contributed by atoms with E-state index < -0.39 is 29.3 Å². The van der Waals surface area contributed by atoms with Gasteiger partial charge in [-0.1, -0.05) is 6.07 Å². The van der Waals surface area contributed by atoms with Crippen molar-refractivity contribution in [1.82, 2.24) is 4.98 Å². The third kappa shape index (κ3) is 3.09. The maximum atomic E-state index is 13.3. The van der Waals surface area contributed by atoms with E-state index in [1.165, 1.54) is 35.4 Å². The molecular formula is C23H15FN2O5. The summed E-state index contributed by atoms with van der Waals surface area (Å²) in [5, 5.41) is 10.9. The molecule has 1 N–H and O–H groups in total.